The molecular formula is C13H21N3O. The van der Waals surface area contributed by atoms with Gasteiger partial charge in [0.1, 0.15) is 0 Å². The highest BCUT2D eigenvalue weighted by atomic mass is 16.5. The molecule has 0 aromatic carbocycles. The maximum Gasteiger partial charge on any atom is 0.0947 e. The molecule has 0 spiro atoms. The van der Waals surface area contributed by atoms with E-state index in [0.717, 1.165) is 38.1 Å². The van der Waals surface area contributed by atoms with E-state index in [0.29, 0.717) is 0 Å². The summed E-state index contributed by atoms with van der Waals surface area (Å²) in [6.07, 6.45) is 9.15. The average Bonchev–Trinajstić information content (AvgIpc) is 2.78. The Bertz CT molecular complexity index is 384. The molecule has 1 aliphatic heterocycles. The van der Waals surface area contributed by atoms with Gasteiger partial charge in [-0.15, -0.1) is 0 Å². The minimum Gasteiger partial charge on any atom is -0.501 e. The molecule has 0 amide bonds. The second-order valence-corrected chi connectivity index (χ2v) is 4.52. The van der Waals surface area contributed by atoms with Crippen molar-refractivity contribution in [2.24, 2.45) is 7.05 Å². The molecule has 1 aromatic rings. The van der Waals surface area contributed by atoms with E-state index in [1.165, 1.54) is 5.57 Å². The van der Waals surface area contributed by atoms with Crippen LogP contribution in [0.2, 0.25) is 0 Å². The highest BCUT2D eigenvalue weighted by molar-refractivity contribution is 5.20. The van der Waals surface area contributed by atoms with Crippen molar-refractivity contribution < 1.29 is 4.74 Å². The molecule has 0 saturated carbocycles. The predicted octanol–water partition coefficient (Wildman–Crippen LogP) is 2.16. The molecule has 0 fully saturated rings. The maximum absolute atomic E-state index is 5.43. The summed E-state index contributed by atoms with van der Waals surface area (Å²) in [6.45, 7) is 4.01. The van der Waals surface area contributed by atoms with E-state index in [1.54, 1.807) is 0 Å². The minimum atomic E-state index is 0.205. The summed E-state index contributed by atoms with van der Waals surface area (Å²) < 4.78 is 7.42. The monoisotopic (exact) mass is 235 g/mol. The van der Waals surface area contributed by atoms with E-state index in [9.17, 15) is 0 Å². The van der Waals surface area contributed by atoms with Gasteiger partial charge in [-0.3, -0.25) is 0 Å². The number of imidazole rings is 1. The van der Waals surface area contributed by atoms with Crippen LogP contribution in [0.4, 0.5) is 0 Å². The minimum absolute atomic E-state index is 0.205. The van der Waals surface area contributed by atoms with Crippen LogP contribution in [0.3, 0.4) is 0 Å². The summed E-state index contributed by atoms with van der Waals surface area (Å²) >= 11 is 0. The predicted molar refractivity (Wildman–Crippen MR) is 67.5 cm³/mol. The Balaban J connectivity index is 2.15. The maximum atomic E-state index is 5.43. The van der Waals surface area contributed by atoms with Crippen LogP contribution < -0.4 is 5.32 Å². The zero-order valence-electron chi connectivity index (χ0n) is 10.6. The lowest BCUT2D eigenvalue weighted by Gasteiger charge is -2.22. The molecule has 1 atom stereocenters. The summed E-state index contributed by atoms with van der Waals surface area (Å²) in [7, 11) is 2.00. The third-order valence-electron chi connectivity index (χ3n) is 2.95. The Morgan fingerprint density at radius 2 is 2.47 bits per heavy atom. The van der Waals surface area contributed by atoms with Crippen LogP contribution in [0.15, 0.2) is 24.4 Å². The number of hydrogen-bond acceptors (Lipinski definition) is 3. The topological polar surface area (TPSA) is 39.1 Å². The van der Waals surface area contributed by atoms with Crippen LogP contribution in [0.1, 0.15) is 37.9 Å². The van der Waals surface area contributed by atoms with Crippen molar-refractivity contribution in [3.8, 4) is 0 Å². The summed E-state index contributed by atoms with van der Waals surface area (Å²) in [6, 6.07) is 0.205. The molecule has 1 aromatic heterocycles. The lowest BCUT2D eigenvalue weighted by molar-refractivity contribution is 0.219. The van der Waals surface area contributed by atoms with Gasteiger partial charge in [0, 0.05) is 13.2 Å². The highest BCUT2D eigenvalue weighted by Crippen LogP contribution is 2.26. The highest BCUT2D eigenvalue weighted by Gasteiger charge is 2.20. The molecule has 1 unspecified atom stereocenters. The lowest BCUT2D eigenvalue weighted by atomic mass is 9.99. The van der Waals surface area contributed by atoms with E-state index in [1.807, 2.05) is 24.2 Å². The number of nitrogens with one attached hydrogen (secondary N) is 1. The number of hydrogen-bond donors (Lipinski definition) is 1. The SMILES string of the molecule is CCCNC(C1=COCCC1)c1cn(C)cn1. The molecule has 94 valence electrons. The first-order valence-corrected chi connectivity index (χ1v) is 6.33. The molecule has 4 heteroatoms. The number of rotatable bonds is 5. The molecule has 0 bridgehead atoms. The molecule has 0 saturated heterocycles. The standard InChI is InChI=1S/C13H21N3O/c1-3-6-14-13(11-5-4-7-17-9-11)12-8-16(2)10-15-12/h8-10,13-14H,3-7H2,1-2H3. The molecule has 2 heterocycles. The largest absolute Gasteiger partial charge is 0.501 e. The summed E-state index contributed by atoms with van der Waals surface area (Å²) in [5.41, 5.74) is 2.39. The number of ether oxygens (including phenoxy) is 1. The average molecular weight is 235 g/mol. The summed E-state index contributed by atoms with van der Waals surface area (Å²) in [4.78, 5) is 4.45. The van der Waals surface area contributed by atoms with Crippen LogP contribution in [-0.2, 0) is 11.8 Å². The van der Waals surface area contributed by atoms with E-state index >= 15 is 0 Å². The fourth-order valence-electron chi connectivity index (χ4n) is 2.09. The third kappa shape index (κ3) is 3.09. The number of aromatic nitrogens is 2. The zero-order chi connectivity index (χ0) is 12.1. The molecule has 1 aliphatic rings. The molecule has 0 radical (unpaired) electrons. The molecule has 1 N–H and O–H groups in total. The molecular weight excluding hydrogens is 214 g/mol. The first-order valence-electron chi connectivity index (χ1n) is 6.33. The van der Waals surface area contributed by atoms with Gasteiger partial charge in [0.2, 0.25) is 0 Å². The Morgan fingerprint density at radius 1 is 1.59 bits per heavy atom. The van der Waals surface area contributed by atoms with Crippen LogP contribution in [0, 0.1) is 0 Å². The van der Waals surface area contributed by atoms with Gasteiger partial charge in [-0.2, -0.15) is 0 Å². The van der Waals surface area contributed by atoms with Crippen molar-refractivity contribution in [2.75, 3.05) is 13.2 Å². The van der Waals surface area contributed by atoms with E-state index in [2.05, 4.69) is 23.4 Å². The summed E-state index contributed by atoms with van der Waals surface area (Å²) in [5.74, 6) is 0. The van der Waals surface area contributed by atoms with Crippen molar-refractivity contribution in [1.82, 2.24) is 14.9 Å². The normalized spacial score (nSPS) is 17.4. The summed E-state index contributed by atoms with van der Waals surface area (Å²) in [5, 5.41) is 3.54. The first kappa shape index (κ1) is 12.2. The van der Waals surface area contributed by atoms with Gasteiger partial charge in [0.25, 0.3) is 0 Å². The second-order valence-electron chi connectivity index (χ2n) is 4.52. The van der Waals surface area contributed by atoms with Gasteiger partial charge in [-0.1, -0.05) is 6.92 Å². The first-order chi connectivity index (χ1) is 8.31. The Kier molecular flexibility index (Phi) is 4.20. The van der Waals surface area contributed by atoms with Crippen molar-refractivity contribution in [3.05, 3.63) is 30.1 Å². The van der Waals surface area contributed by atoms with Gasteiger partial charge >= 0.3 is 0 Å². The molecule has 2 rings (SSSR count). The Labute approximate surface area is 103 Å². The molecule has 4 nitrogen and oxygen atoms in total. The van der Waals surface area contributed by atoms with Crippen molar-refractivity contribution in [2.45, 2.75) is 32.2 Å². The van der Waals surface area contributed by atoms with Crippen LogP contribution in [0.5, 0.6) is 0 Å². The van der Waals surface area contributed by atoms with Gasteiger partial charge in [-0.05, 0) is 31.4 Å². The Morgan fingerprint density at radius 3 is 3.06 bits per heavy atom. The van der Waals surface area contributed by atoms with E-state index in [4.69, 9.17) is 4.74 Å². The lowest BCUT2D eigenvalue weighted by Crippen LogP contribution is -2.25. The van der Waals surface area contributed by atoms with Crippen molar-refractivity contribution in [1.29, 1.82) is 0 Å². The Hall–Kier alpha value is -1.29. The van der Waals surface area contributed by atoms with Gasteiger partial charge in [0.05, 0.1) is 30.9 Å². The van der Waals surface area contributed by atoms with Gasteiger partial charge < -0.3 is 14.6 Å². The number of aryl methyl sites for hydroxylation is 1. The van der Waals surface area contributed by atoms with Crippen LogP contribution in [-0.4, -0.2) is 22.7 Å². The van der Waals surface area contributed by atoms with Gasteiger partial charge in [-0.25, -0.2) is 4.98 Å². The molecule has 0 aliphatic carbocycles. The van der Waals surface area contributed by atoms with Crippen molar-refractivity contribution >= 4 is 0 Å². The molecule has 17 heavy (non-hydrogen) atoms. The second kappa shape index (κ2) is 5.87. The van der Waals surface area contributed by atoms with Crippen LogP contribution >= 0.6 is 0 Å². The van der Waals surface area contributed by atoms with Crippen molar-refractivity contribution in [3.63, 3.8) is 0 Å². The smallest absolute Gasteiger partial charge is 0.0947 e. The fourth-order valence-corrected chi connectivity index (χ4v) is 2.09. The quantitative estimate of drug-likeness (QED) is 0.850. The third-order valence-corrected chi connectivity index (χ3v) is 2.95. The van der Waals surface area contributed by atoms with Gasteiger partial charge in [0.15, 0.2) is 0 Å². The van der Waals surface area contributed by atoms with Crippen LogP contribution in [0.25, 0.3) is 0 Å². The van der Waals surface area contributed by atoms with E-state index in [-0.39, 0.29) is 6.04 Å². The van der Waals surface area contributed by atoms with E-state index < -0.39 is 0 Å². The fraction of sp³-hybridized carbons (Fsp3) is 0.615. The number of nitrogens with zero attached hydrogens (tertiary/aromatic N) is 2. The zero-order valence-corrected chi connectivity index (χ0v) is 10.6.